The van der Waals surface area contributed by atoms with Gasteiger partial charge < -0.3 is 5.32 Å². The van der Waals surface area contributed by atoms with Gasteiger partial charge in [0.05, 0.1) is 11.3 Å². The maximum atomic E-state index is 12.0. The Morgan fingerprint density at radius 3 is 2.82 bits per heavy atom. The van der Waals surface area contributed by atoms with Crippen LogP contribution in [0.15, 0.2) is 6.20 Å². The number of nitrogens with one attached hydrogen (secondary N) is 1. The third-order valence-corrected chi connectivity index (χ3v) is 3.86. The van der Waals surface area contributed by atoms with E-state index in [1.807, 2.05) is 14.0 Å². The van der Waals surface area contributed by atoms with E-state index >= 15 is 0 Å². The average molecular weight is 300 g/mol. The second-order valence-electron chi connectivity index (χ2n) is 4.92. The van der Waals surface area contributed by atoms with Gasteiger partial charge in [0.25, 0.3) is 5.91 Å². The third-order valence-electron chi connectivity index (χ3n) is 3.46. The minimum absolute atomic E-state index is 0.00329. The number of alkyl halides is 1. The molecule has 1 heterocycles. The molecule has 0 bridgehead atoms. The van der Waals surface area contributed by atoms with Crippen molar-refractivity contribution in [2.75, 3.05) is 11.9 Å². The fourth-order valence-corrected chi connectivity index (χ4v) is 2.92. The van der Waals surface area contributed by atoms with Gasteiger partial charge in [-0.25, -0.2) is 0 Å². The lowest BCUT2D eigenvalue weighted by atomic mass is 10.0. The molecular formula is C12H18BrN3O. The minimum Gasteiger partial charge on any atom is -0.351 e. The van der Waals surface area contributed by atoms with Crippen LogP contribution in [0.5, 0.6) is 0 Å². The van der Waals surface area contributed by atoms with Crippen LogP contribution in [0.4, 0.5) is 0 Å². The lowest BCUT2D eigenvalue weighted by molar-refractivity contribution is 0.0944. The first-order chi connectivity index (χ1) is 8.06. The van der Waals surface area contributed by atoms with Gasteiger partial charge >= 0.3 is 0 Å². The van der Waals surface area contributed by atoms with Gasteiger partial charge in [-0.2, -0.15) is 5.10 Å². The quantitative estimate of drug-likeness (QED) is 0.846. The normalized spacial score (nSPS) is 16.9. The van der Waals surface area contributed by atoms with Crippen molar-refractivity contribution in [3.8, 4) is 0 Å². The molecule has 4 nitrogen and oxygen atoms in total. The van der Waals surface area contributed by atoms with Crippen molar-refractivity contribution in [2.24, 2.45) is 12.5 Å². The molecule has 0 aliphatic heterocycles. The Hall–Kier alpha value is -0.840. The smallest absolute Gasteiger partial charge is 0.254 e. The lowest BCUT2D eigenvalue weighted by Gasteiger charge is -2.14. The topological polar surface area (TPSA) is 46.9 Å². The zero-order valence-corrected chi connectivity index (χ0v) is 11.9. The number of aromatic nitrogens is 2. The highest BCUT2D eigenvalue weighted by Gasteiger charge is 2.41. The van der Waals surface area contributed by atoms with Crippen molar-refractivity contribution in [2.45, 2.75) is 26.2 Å². The first-order valence-corrected chi connectivity index (χ1v) is 7.03. The number of rotatable bonds is 5. The largest absolute Gasteiger partial charge is 0.351 e. The number of nitrogens with zero attached hydrogens (tertiary/aromatic N) is 2. The standard InChI is InChI=1S/C12H18BrN3O/c1-9-10(7-16(2)15-9)11(17)14-8-12(3-4-12)5-6-13/h7H,3-6,8H2,1-2H3,(H,14,17). The van der Waals surface area contributed by atoms with E-state index in [0.29, 0.717) is 11.0 Å². The molecule has 0 unspecified atom stereocenters. The van der Waals surface area contributed by atoms with Crippen molar-refractivity contribution >= 4 is 21.8 Å². The third kappa shape index (κ3) is 2.89. The Morgan fingerprint density at radius 1 is 1.65 bits per heavy atom. The number of amides is 1. The van der Waals surface area contributed by atoms with Gasteiger partial charge in [0.1, 0.15) is 0 Å². The van der Waals surface area contributed by atoms with E-state index in [4.69, 9.17) is 0 Å². The molecule has 1 N–H and O–H groups in total. The fraction of sp³-hybridized carbons (Fsp3) is 0.667. The molecule has 1 saturated carbocycles. The van der Waals surface area contributed by atoms with Crippen molar-refractivity contribution < 1.29 is 4.79 Å². The average Bonchev–Trinajstić information content (AvgIpc) is 2.95. The minimum atomic E-state index is -0.00329. The summed E-state index contributed by atoms with van der Waals surface area (Å²) in [6.45, 7) is 2.64. The van der Waals surface area contributed by atoms with Crippen LogP contribution in [0.25, 0.3) is 0 Å². The van der Waals surface area contributed by atoms with E-state index in [0.717, 1.165) is 24.0 Å². The van der Waals surface area contributed by atoms with E-state index < -0.39 is 0 Å². The first kappa shape index (κ1) is 12.6. The van der Waals surface area contributed by atoms with Crippen LogP contribution in [-0.4, -0.2) is 27.6 Å². The van der Waals surface area contributed by atoms with Gasteiger partial charge in [-0.1, -0.05) is 15.9 Å². The number of carbonyl (C=O) groups excluding carboxylic acids is 1. The van der Waals surface area contributed by atoms with E-state index in [1.54, 1.807) is 10.9 Å². The summed E-state index contributed by atoms with van der Waals surface area (Å²) >= 11 is 3.47. The Labute approximate surface area is 110 Å². The van der Waals surface area contributed by atoms with Crippen LogP contribution in [0.1, 0.15) is 35.3 Å². The fourth-order valence-electron chi connectivity index (χ4n) is 2.08. The van der Waals surface area contributed by atoms with E-state index in [-0.39, 0.29) is 5.91 Å². The van der Waals surface area contributed by atoms with Crippen LogP contribution in [-0.2, 0) is 7.05 Å². The van der Waals surface area contributed by atoms with Crippen molar-refractivity contribution in [3.63, 3.8) is 0 Å². The summed E-state index contributed by atoms with van der Waals surface area (Å²) in [5.41, 5.74) is 1.83. The van der Waals surface area contributed by atoms with Crippen molar-refractivity contribution in [1.82, 2.24) is 15.1 Å². The molecule has 1 aliphatic rings. The Morgan fingerprint density at radius 2 is 2.35 bits per heavy atom. The number of carbonyl (C=O) groups is 1. The molecule has 1 aromatic heterocycles. The molecule has 0 saturated heterocycles. The van der Waals surface area contributed by atoms with Crippen LogP contribution in [0.2, 0.25) is 0 Å². The maximum Gasteiger partial charge on any atom is 0.254 e. The zero-order valence-electron chi connectivity index (χ0n) is 10.3. The van der Waals surface area contributed by atoms with Gasteiger partial charge in [-0.05, 0) is 31.6 Å². The zero-order chi connectivity index (χ0) is 12.5. The second-order valence-corrected chi connectivity index (χ2v) is 5.72. The van der Waals surface area contributed by atoms with Crippen molar-refractivity contribution in [3.05, 3.63) is 17.5 Å². The molecule has 1 aliphatic carbocycles. The Kier molecular flexibility index (Phi) is 3.56. The van der Waals surface area contributed by atoms with Gasteiger partial charge in [0.15, 0.2) is 0 Å². The predicted molar refractivity (Wildman–Crippen MR) is 70.4 cm³/mol. The Balaban J connectivity index is 1.92. The molecule has 0 radical (unpaired) electrons. The predicted octanol–water partition coefficient (Wildman–Crippen LogP) is 2.02. The summed E-state index contributed by atoms with van der Waals surface area (Å²) in [7, 11) is 1.83. The van der Waals surface area contributed by atoms with Crippen LogP contribution in [0, 0.1) is 12.3 Å². The number of aryl methyl sites for hydroxylation is 2. The number of halogens is 1. The van der Waals surface area contributed by atoms with E-state index in [1.165, 1.54) is 12.8 Å². The molecular weight excluding hydrogens is 282 g/mol. The van der Waals surface area contributed by atoms with Gasteiger partial charge in [0.2, 0.25) is 0 Å². The summed E-state index contributed by atoms with van der Waals surface area (Å²) in [4.78, 5) is 12.0. The van der Waals surface area contributed by atoms with E-state index in [2.05, 4.69) is 26.3 Å². The van der Waals surface area contributed by atoms with Crippen LogP contribution in [0.3, 0.4) is 0 Å². The first-order valence-electron chi connectivity index (χ1n) is 5.91. The van der Waals surface area contributed by atoms with Gasteiger partial charge in [-0.15, -0.1) is 0 Å². The summed E-state index contributed by atoms with van der Waals surface area (Å²) in [5, 5.41) is 8.21. The summed E-state index contributed by atoms with van der Waals surface area (Å²) in [6.07, 6.45) is 5.36. The van der Waals surface area contributed by atoms with Crippen molar-refractivity contribution in [1.29, 1.82) is 0 Å². The summed E-state index contributed by atoms with van der Waals surface area (Å²) in [5.74, 6) is -0.00329. The lowest BCUT2D eigenvalue weighted by Crippen LogP contribution is -2.30. The van der Waals surface area contributed by atoms with Gasteiger partial charge in [0, 0.05) is 25.1 Å². The molecule has 0 aromatic carbocycles. The SMILES string of the molecule is Cc1nn(C)cc1C(=O)NCC1(CCBr)CC1. The highest BCUT2D eigenvalue weighted by molar-refractivity contribution is 9.09. The molecule has 17 heavy (non-hydrogen) atoms. The molecule has 5 heteroatoms. The van der Waals surface area contributed by atoms with Crippen LogP contribution >= 0.6 is 15.9 Å². The number of hydrogen-bond donors (Lipinski definition) is 1. The molecule has 0 spiro atoms. The molecule has 1 amide bonds. The van der Waals surface area contributed by atoms with Gasteiger partial charge in [-0.3, -0.25) is 9.48 Å². The molecule has 0 atom stereocenters. The highest BCUT2D eigenvalue weighted by Crippen LogP contribution is 2.48. The maximum absolute atomic E-state index is 12.0. The second kappa shape index (κ2) is 4.80. The molecule has 2 rings (SSSR count). The van der Waals surface area contributed by atoms with Crippen LogP contribution < -0.4 is 5.32 Å². The summed E-state index contributed by atoms with van der Waals surface area (Å²) < 4.78 is 1.68. The molecule has 94 valence electrons. The molecule has 1 aromatic rings. The number of hydrogen-bond acceptors (Lipinski definition) is 2. The summed E-state index contributed by atoms with van der Waals surface area (Å²) in [6, 6.07) is 0. The molecule has 1 fully saturated rings. The monoisotopic (exact) mass is 299 g/mol. The Bertz CT molecular complexity index is 423. The highest BCUT2D eigenvalue weighted by atomic mass is 79.9. The van der Waals surface area contributed by atoms with E-state index in [9.17, 15) is 4.79 Å².